The molecule has 0 aromatic heterocycles. The van der Waals surface area contributed by atoms with Gasteiger partial charge in [0.2, 0.25) is 0 Å². The molecule has 0 aliphatic carbocycles. The van der Waals surface area contributed by atoms with Gasteiger partial charge in [0.15, 0.2) is 17.5 Å². The maximum Gasteiger partial charge on any atom is 0.410 e. The zero-order chi connectivity index (χ0) is 21.7. The molecule has 1 aromatic carbocycles. The van der Waals surface area contributed by atoms with Crippen molar-refractivity contribution in [2.24, 2.45) is 4.99 Å². The highest BCUT2D eigenvalue weighted by Crippen LogP contribution is 2.28. The predicted octanol–water partition coefficient (Wildman–Crippen LogP) is 1.45. The summed E-state index contributed by atoms with van der Waals surface area (Å²) in [5.74, 6) is 2.08. The minimum atomic E-state index is -0.493. The van der Waals surface area contributed by atoms with Crippen molar-refractivity contribution in [2.75, 3.05) is 46.5 Å². The Labute approximate surface area is 177 Å². The molecule has 2 aliphatic heterocycles. The summed E-state index contributed by atoms with van der Waals surface area (Å²) in [6.07, 6.45) is -0.265. The van der Waals surface area contributed by atoms with Gasteiger partial charge < -0.3 is 34.4 Å². The van der Waals surface area contributed by atoms with E-state index in [0.717, 1.165) is 11.5 Å². The molecule has 1 aromatic rings. The molecule has 1 saturated heterocycles. The van der Waals surface area contributed by atoms with Crippen molar-refractivity contribution < 1.29 is 24.1 Å². The van der Waals surface area contributed by atoms with E-state index in [2.05, 4.69) is 15.2 Å². The van der Waals surface area contributed by atoms with E-state index in [0.29, 0.717) is 44.2 Å². The fourth-order valence-corrected chi connectivity index (χ4v) is 3.50. The molecular weight excluding hydrogens is 388 g/mol. The lowest BCUT2D eigenvalue weighted by molar-refractivity contribution is 0.0137. The molecule has 0 bridgehead atoms. The molecule has 2 heterocycles. The molecule has 9 nitrogen and oxygen atoms in total. The molecule has 1 amide bonds. The quantitative estimate of drug-likeness (QED) is 0.719. The summed E-state index contributed by atoms with van der Waals surface area (Å²) in [4.78, 5) is 21.0. The van der Waals surface area contributed by atoms with Crippen molar-refractivity contribution >= 4 is 12.1 Å². The van der Waals surface area contributed by atoms with Crippen LogP contribution in [0.2, 0.25) is 0 Å². The van der Waals surface area contributed by atoms with Gasteiger partial charge in [0.25, 0.3) is 0 Å². The van der Waals surface area contributed by atoms with Crippen LogP contribution >= 0.6 is 0 Å². The molecule has 1 atom stereocenters. The molecular formula is C21H32N4O5. The first-order valence-corrected chi connectivity index (χ1v) is 10.2. The second-order valence-corrected chi connectivity index (χ2v) is 8.35. The molecule has 0 spiro atoms. The van der Waals surface area contributed by atoms with Crippen LogP contribution in [0.4, 0.5) is 4.79 Å². The largest absolute Gasteiger partial charge is 0.493 e. The number of rotatable bonds is 6. The number of fused-ring (bicyclic) bond motifs is 1. The summed E-state index contributed by atoms with van der Waals surface area (Å²) in [7, 11) is 1.59. The molecule has 0 saturated carbocycles. The van der Waals surface area contributed by atoms with E-state index in [4.69, 9.17) is 19.3 Å². The van der Waals surface area contributed by atoms with Crippen molar-refractivity contribution in [1.29, 1.82) is 0 Å². The van der Waals surface area contributed by atoms with Crippen molar-refractivity contribution in [1.82, 2.24) is 15.1 Å². The Hall–Kier alpha value is -2.68. The summed E-state index contributed by atoms with van der Waals surface area (Å²) < 4.78 is 16.3. The minimum absolute atomic E-state index is 0.0470. The van der Waals surface area contributed by atoms with Gasteiger partial charge in [-0.05, 0) is 38.5 Å². The van der Waals surface area contributed by atoms with E-state index >= 15 is 0 Å². The van der Waals surface area contributed by atoms with Gasteiger partial charge in [0.1, 0.15) is 12.2 Å². The van der Waals surface area contributed by atoms with Gasteiger partial charge in [-0.15, -0.1) is 0 Å². The number of ether oxygens (including phenoxy) is 3. The Morgan fingerprint density at radius 3 is 2.80 bits per heavy atom. The molecule has 2 aliphatic rings. The number of benzene rings is 1. The maximum absolute atomic E-state index is 12.3. The van der Waals surface area contributed by atoms with Crippen LogP contribution in [-0.2, 0) is 11.3 Å². The zero-order valence-corrected chi connectivity index (χ0v) is 18.2. The van der Waals surface area contributed by atoms with Crippen LogP contribution in [0.3, 0.4) is 0 Å². The summed E-state index contributed by atoms with van der Waals surface area (Å²) in [5.41, 5.74) is 0.536. The smallest absolute Gasteiger partial charge is 0.410 e. The molecule has 30 heavy (non-hydrogen) atoms. The second-order valence-electron chi connectivity index (χ2n) is 8.35. The van der Waals surface area contributed by atoms with Crippen LogP contribution < -0.4 is 14.8 Å². The summed E-state index contributed by atoms with van der Waals surface area (Å²) in [6.45, 7) is 8.98. The Morgan fingerprint density at radius 2 is 2.10 bits per heavy atom. The highest BCUT2D eigenvalue weighted by atomic mass is 16.6. The third-order valence-corrected chi connectivity index (χ3v) is 4.89. The van der Waals surface area contributed by atoms with E-state index in [1.165, 1.54) is 0 Å². The first-order chi connectivity index (χ1) is 14.3. The van der Waals surface area contributed by atoms with Crippen LogP contribution in [-0.4, -0.2) is 85.1 Å². The molecule has 166 valence electrons. The van der Waals surface area contributed by atoms with E-state index in [1.54, 1.807) is 12.0 Å². The highest BCUT2D eigenvalue weighted by Gasteiger charge is 2.36. The van der Waals surface area contributed by atoms with E-state index in [9.17, 15) is 4.79 Å². The lowest BCUT2D eigenvalue weighted by Crippen LogP contribution is -2.57. The number of methoxy groups -OCH3 is 1. The lowest BCUT2D eigenvalue weighted by Gasteiger charge is -2.39. The number of nitrogens with zero attached hydrogens (tertiary/aromatic N) is 3. The topological polar surface area (TPSA) is 95.9 Å². The van der Waals surface area contributed by atoms with Crippen LogP contribution in [0, 0.1) is 0 Å². The van der Waals surface area contributed by atoms with Gasteiger partial charge in [-0.2, -0.15) is 0 Å². The maximum atomic E-state index is 12.3. The average Bonchev–Trinajstić information content (AvgIpc) is 3.12. The number of aliphatic hydroxyl groups excluding tert-OH is 1. The molecule has 9 heteroatoms. The summed E-state index contributed by atoms with van der Waals surface area (Å²) in [5, 5.41) is 12.3. The molecule has 0 radical (unpaired) electrons. The number of guanidine groups is 1. The Kier molecular flexibility index (Phi) is 6.91. The van der Waals surface area contributed by atoms with Crippen LogP contribution in [0.25, 0.3) is 0 Å². The van der Waals surface area contributed by atoms with Gasteiger partial charge in [0.05, 0.1) is 26.3 Å². The summed E-state index contributed by atoms with van der Waals surface area (Å²) >= 11 is 0. The Morgan fingerprint density at radius 1 is 1.30 bits per heavy atom. The minimum Gasteiger partial charge on any atom is -0.493 e. The van der Waals surface area contributed by atoms with Crippen molar-refractivity contribution in [3.63, 3.8) is 0 Å². The third kappa shape index (κ3) is 5.47. The molecule has 2 N–H and O–H groups in total. The average molecular weight is 421 g/mol. The van der Waals surface area contributed by atoms with Crippen LogP contribution in [0.1, 0.15) is 26.3 Å². The normalized spacial score (nSPS) is 18.6. The molecule has 1 unspecified atom stereocenters. The van der Waals surface area contributed by atoms with Crippen molar-refractivity contribution in [2.45, 2.75) is 39.0 Å². The monoisotopic (exact) mass is 420 g/mol. The third-order valence-electron chi connectivity index (χ3n) is 4.89. The van der Waals surface area contributed by atoms with Crippen molar-refractivity contribution in [3.05, 3.63) is 23.8 Å². The lowest BCUT2D eigenvalue weighted by atomic mass is 10.2. The van der Waals surface area contributed by atoms with E-state index in [1.807, 2.05) is 39.0 Å². The first-order valence-electron chi connectivity index (χ1n) is 10.2. The van der Waals surface area contributed by atoms with Crippen LogP contribution in [0.5, 0.6) is 11.5 Å². The number of piperazine rings is 1. The van der Waals surface area contributed by atoms with E-state index < -0.39 is 5.60 Å². The number of carbonyl (C=O) groups is 1. The van der Waals surface area contributed by atoms with Gasteiger partial charge in [-0.3, -0.25) is 4.99 Å². The number of aliphatic hydroxyl groups is 1. The number of carbonyl (C=O) groups excluding carboxylic acids is 1. The number of nitrogens with one attached hydrogen (secondary N) is 1. The number of hydrogen-bond donors (Lipinski definition) is 2. The molecule has 1 fully saturated rings. The number of amides is 1. The zero-order valence-electron chi connectivity index (χ0n) is 18.2. The standard InChI is InChI=1S/C21H32N4O5/c1-21(2,3)30-20(27)24-7-8-25-16(14-24)13-23-19(25)22-12-15-5-6-17(29-10-9-26)18(11-15)28-4/h5-6,11,16,26H,7-10,12-14H2,1-4H3,(H,22,23). The predicted molar refractivity (Wildman–Crippen MR) is 113 cm³/mol. The van der Waals surface area contributed by atoms with Gasteiger partial charge in [-0.25, -0.2) is 4.79 Å². The number of aliphatic imine (C=N–C) groups is 1. The Balaban J connectivity index is 1.53. The first kappa shape index (κ1) is 22.0. The second kappa shape index (κ2) is 9.42. The van der Waals surface area contributed by atoms with Crippen LogP contribution in [0.15, 0.2) is 23.2 Å². The van der Waals surface area contributed by atoms with Gasteiger partial charge in [0, 0.05) is 26.2 Å². The number of hydrogen-bond acceptors (Lipinski definition) is 8. The fourth-order valence-electron chi connectivity index (χ4n) is 3.50. The fraction of sp³-hybridized carbons (Fsp3) is 0.619. The van der Waals surface area contributed by atoms with Gasteiger partial charge in [-0.1, -0.05) is 6.07 Å². The SMILES string of the molecule is COc1cc(CNC2=NCC3CN(C(=O)OC(C)(C)C)CCN23)ccc1OCCO. The Bertz CT molecular complexity index is 777. The highest BCUT2D eigenvalue weighted by molar-refractivity contribution is 5.82. The summed E-state index contributed by atoms with van der Waals surface area (Å²) in [6, 6.07) is 5.87. The molecule has 3 rings (SSSR count). The van der Waals surface area contributed by atoms with Gasteiger partial charge >= 0.3 is 6.09 Å². The van der Waals surface area contributed by atoms with Crippen molar-refractivity contribution in [3.8, 4) is 11.5 Å². The van der Waals surface area contributed by atoms with E-state index in [-0.39, 0.29) is 25.3 Å².